The highest BCUT2D eigenvalue weighted by atomic mass is 79.9. The van der Waals surface area contributed by atoms with E-state index in [9.17, 15) is 9.59 Å². The van der Waals surface area contributed by atoms with E-state index in [-0.39, 0.29) is 12.2 Å². The van der Waals surface area contributed by atoms with Crippen LogP contribution in [0.1, 0.15) is 23.6 Å². The lowest BCUT2D eigenvalue weighted by Crippen LogP contribution is -2.30. The minimum absolute atomic E-state index is 0.179. The molecule has 4 rings (SSSR count). The van der Waals surface area contributed by atoms with Crippen molar-refractivity contribution in [2.24, 2.45) is 0 Å². The smallest absolute Gasteiger partial charge is 0.329 e. The van der Waals surface area contributed by atoms with Crippen molar-refractivity contribution < 1.29 is 19.1 Å². The van der Waals surface area contributed by atoms with Crippen molar-refractivity contribution >= 4 is 61.5 Å². The molecule has 0 saturated carbocycles. The number of benzene rings is 3. The summed E-state index contributed by atoms with van der Waals surface area (Å²) in [6, 6.07) is 18.0. The van der Waals surface area contributed by atoms with Gasteiger partial charge in [0, 0.05) is 14.0 Å². The third kappa shape index (κ3) is 6.25. The maximum atomic E-state index is 12.9. The van der Waals surface area contributed by atoms with Gasteiger partial charge < -0.3 is 14.8 Å². The summed E-state index contributed by atoms with van der Waals surface area (Å²) in [7, 11) is 0. The number of amides is 3. The normalized spacial score (nSPS) is 14.4. The zero-order chi connectivity index (χ0) is 24.9. The Morgan fingerprint density at radius 2 is 1.60 bits per heavy atom. The second-order valence-electron chi connectivity index (χ2n) is 7.67. The summed E-state index contributed by atoms with van der Waals surface area (Å²) >= 11 is 12.9. The lowest BCUT2D eigenvalue weighted by molar-refractivity contribution is -0.123. The summed E-state index contributed by atoms with van der Waals surface area (Å²) in [5.74, 6) is 0.681. The number of ether oxygens (including phenoxy) is 2. The second-order valence-corrected chi connectivity index (χ2v) is 9.88. The minimum Gasteiger partial charge on any atom is -0.490 e. The Hall–Kier alpha value is -2.81. The number of imide groups is 1. The summed E-state index contributed by atoms with van der Waals surface area (Å²) in [4.78, 5) is 26.6. The molecule has 0 radical (unpaired) electrons. The Bertz CT molecular complexity index is 1280. The highest BCUT2D eigenvalue weighted by Crippen LogP contribution is 2.36. The van der Waals surface area contributed by atoms with Crippen molar-refractivity contribution in [2.45, 2.75) is 20.1 Å². The number of carbonyl (C=O) groups is 2. The van der Waals surface area contributed by atoms with E-state index < -0.39 is 11.9 Å². The van der Waals surface area contributed by atoms with E-state index in [0.717, 1.165) is 15.6 Å². The predicted molar refractivity (Wildman–Crippen MR) is 142 cm³/mol. The number of carbonyl (C=O) groups excluding carboxylic acids is 2. The van der Waals surface area contributed by atoms with Crippen LogP contribution in [0.5, 0.6) is 11.5 Å². The summed E-state index contributed by atoms with van der Waals surface area (Å²) in [5, 5.41) is 3.32. The minimum atomic E-state index is -0.465. The third-order valence-corrected chi connectivity index (χ3v) is 6.65. The highest BCUT2D eigenvalue weighted by Gasteiger charge is 2.33. The fourth-order valence-corrected chi connectivity index (χ4v) is 4.25. The molecule has 1 saturated heterocycles. The van der Waals surface area contributed by atoms with E-state index in [1.807, 2.05) is 55.5 Å². The van der Waals surface area contributed by atoms with E-state index in [0.29, 0.717) is 39.8 Å². The molecule has 3 aromatic carbocycles. The van der Waals surface area contributed by atoms with Crippen LogP contribution in [0.2, 0.25) is 5.02 Å². The van der Waals surface area contributed by atoms with Crippen molar-refractivity contribution in [3.05, 3.63) is 97.0 Å². The Morgan fingerprint density at radius 3 is 2.29 bits per heavy atom. The molecule has 1 fully saturated rings. The van der Waals surface area contributed by atoms with Crippen LogP contribution in [0.15, 0.2) is 75.3 Å². The molecule has 35 heavy (non-hydrogen) atoms. The van der Waals surface area contributed by atoms with Gasteiger partial charge in [-0.05, 0) is 66.1 Å². The lowest BCUT2D eigenvalue weighted by atomic mass is 10.1. The van der Waals surface area contributed by atoms with Gasteiger partial charge in [0.05, 0.1) is 13.2 Å². The van der Waals surface area contributed by atoms with E-state index in [1.54, 1.807) is 18.2 Å². The maximum absolute atomic E-state index is 12.9. The zero-order valence-corrected chi connectivity index (χ0v) is 22.6. The largest absolute Gasteiger partial charge is 0.490 e. The summed E-state index contributed by atoms with van der Waals surface area (Å²) in [6.45, 7) is 2.83. The first-order valence-corrected chi connectivity index (χ1v) is 12.7. The van der Waals surface area contributed by atoms with Gasteiger partial charge in [0.1, 0.15) is 12.3 Å². The van der Waals surface area contributed by atoms with E-state index in [2.05, 4.69) is 37.2 Å². The van der Waals surface area contributed by atoms with Gasteiger partial charge in [-0.15, -0.1) is 0 Å². The topological polar surface area (TPSA) is 67.9 Å². The van der Waals surface area contributed by atoms with Crippen LogP contribution >= 0.6 is 43.5 Å². The van der Waals surface area contributed by atoms with Crippen molar-refractivity contribution in [2.75, 3.05) is 6.61 Å². The summed E-state index contributed by atoms with van der Waals surface area (Å²) in [6.07, 6.45) is 1.62. The molecule has 0 aliphatic carbocycles. The van der Waals surface area contributed by atoms with Crippen LogP contribution in [0.4, 0.5) is 4.79 Å². The van der Waals surface area contributed by atoms with Crippen LogP contribution in [0.3, 0.4) is 0 Å². The van der Waals surface area contributed by atoms with Gasteiger partial charge in [-0.1, -0.05) is 67.7 Å². The molecule has 0 unspecified atom stereocenters. The van der Waals surface area contributed by atoms with Gasteiger partial charge in [-0.25, -0.2) is 4.79 Å². The van der Waals surface area contributed by atoms with Crippen LogP contribution in [-0.4, -0.2) is 23.4 Å². The van der Waals surface area contributed by atoms with Gasteiger partial charge in [0.15, 0.2) is 11.5 Å². The highest BCUT2D eigenvalue weighted by molar-refractivity contribution is 9.10. The molecule has 1 aliphatic rings. The van der Waals surface area contributed by atoms with Gasteiger partial charge in [-0.3, -0.25) is 9.69 Å². The first kappa shape index (κ1) is 25.3. The molecular formula is C26H21Br2ClN2O4. The average molecular weight is 621 g/mol. The molecule has 0 atom stereocenters. The van der Waals surface area contributed by atoms with E-state index in [1.165, 1.54) is 4.90 Å². The third-order valence-electron chi connectivity index (χ3n) is 5.19. The van der Waals surface area contributed by atoms with Crippen molar-refractivity contribution in [1.82, 2.24) is 10.2 Å². The quantitative estimate of drug-likeness (QED) is 0.219. The first-order valence-electron chi connectivity index (χ1n) is 10.8. The molecule has 0 bridgehead atoms. The Morgan fingerprint density at radius 1 is 0.943 bits per heavy atom. The molecule has 9 heteroatoms. The zero-order valence-electron chi connectivity index (χ0n) is 18.7. The molecule has 1 heterocycles. The number of hydrogen-bond acceptors (Lipinski definition) is 4. The summed E-state index contributed by atoms with van der Waals surface area (Å²) < 4.78 is 13.4. The van der Waals surface area contributed by atoms with Gasteiger partial charge in [0.25, 0.3) is 5.91 Å². The molecule has 180 valence electrons. The SMILES string of the molecule is CCOc1cc(/C=C2/NC(=O)N(Cc3ccc(Br)cc3)C2=O)c(Br)cc1OCc1ccc(Cl)cc1. The maximum Gasteiger partial charge on any atom is 0.329 e. The Kier molecular flexibility index (Phi) is 8.15. The second kappa shape index (κ2) is 11.3. The fourth-order valence-electron chi connectivity index (χ4n) is 3.43. The number of urea groups is 1. The van der Waals surface area contributed by atoms with Gasteiger partial charge in [0.2, 0.25) is 0 Å². The van der Waals surface area contributed by atoms with Crippen LogP contribution < -0.4 is 14.8 Å². The molecule has 0 aromatic heterocycles. The number of rotatable bonds is 8. The lowest BCUT2D eigenvalue weighted by Gasteiger charge is -2.14. The number of hydrogen-bond donors (Lipinski definition) is 1. The molecule has 1 N–H and O–H groups in total. The number of halogens is 3. The molecule has 1 aliphatic heterocycles. The number of nitrogens with zero attached hydrogens (tertiary/aromatic N) is 1. The fraction of sp³-hybridized carbons (Fsp3) is 0.154. The molecule has 6 nitrogen and oxygen atoms in total. The van der Waals surface area contributed by atoms with Crippen molar-refractivity contribution in [1.29, 1.82) is 0 Å². The van der Waals surface area contributed by atoms with Gasteiger partial charge >= 0.3 is 6.03 Å². The summed E-state index contributed by atoms with van der Waals surface area (Å²) in [5.41, 5.74) is 2.66. The van der Waals surface area contributed by atoms with Crippen LogP contribution in [0.25, 0.3) is 6.08 Å². The van der Waals surface area contributed by atoms with E-state index in [4.69, 9.17) is 21.1 Å². The van der Waals surface area contributed by atoms with Gasteiger partial charge in [-0.2, -0.15) is 0 Å². The average Bonchev–Trinajstić information content (AvgIpc) is 3.10. The van der Waals surface area contributed by atoms with Crippen molar-refractivity contribution in [3.63, 3.8) is 0 Å². The number of nitrogens with one attached hydrogen (secondary N) is 1. The Balaban J connectivity index is 1.54. The van der Waals surface area contributed by atoms with E-state index >= 15 is 0 Å². The van der Waals surface area contributed by atoms with Crippen LogP contribution in [-0.2, 0) is 17.9 Å². The molecule has 3 amide bonds. The monoisotopic (exact) mass is 618 g/mol. The van der Waals surface area contributed by atoms with Crippen LogP contribution in [0, 0.1) is 0 Å². The Labute approximate surface area is 225 Å². The van der Waals surface area contributed by atoms with Crippen molar-refractivity contribution in [3.8, 4) is 11.5 Å². The predicted octanol–water partition coefficient (Wildman–Crippen LogP) is 6.94. The first-order chi connectivity index (χ1) is 16.8. The molecule has 0 spiro atoms. The molecular weight excluding hydrogens is 600 g/mol. The molecule has 3 aromatic rings. The standard InChI is InChI=1S/C26H21Br2ClN2O4/c1-2-34-23-12-18(21(28)13-24(23)35-15-17-5-9-20(29)10-6-17)11-22-25(32)31(26(33)30-22)14-16-3-7-19(27)8-4-16/h3-13H,2,14-15H2,1H3,(H,30,33)/b22-11+.